The van der Waals surface area contributed by atoms with Gasteiger partial charge in [-0.2, -0.15) is 0 Å². The number of hydrogen-bond acceptors (Lipinski definition) is 5. The summed E-state index contributed by atoms with van der Waals surface area (Å²) in [5.41, 5.74) is 3.77. The second kappa shape index (κ2) is 7.05. The fourth-order valence-corrected chi connectivity index (χ4v) is 5.53. The van der Waals surface area contributed by atoms with Crippen molar-refractivity contribution >= 4 is 32.7 Å². The number of aromatic amines is 1. The molecule has 0 radical (unpaired) electrons. The standard InChI is InChI=1S/C24H26N2O4S/c1-13(2)31(28,29)20-10-16-17(11-19(20)30-6)24(3,4)23-21(22(16)27)15-8-7-14(12-25-5)9-18(15)26-23/h7-13,26H,1-6H3/b25-12+. The van der Waals surface area contributed by atoms with Crippen molar-refractivity contribution in [2.24, 2.45) is 4.99 Å². The van der Waals surface area contributed by atoms with Crippen LogP contribution in [0.3, 0.4) is 0 Å². The van der Waals surface area contributed by atoms with E-state index in [1.54, 1.807) is 33.2 Å². The summed E-state index contributed by atoms with van der Waals surface area (Å²) in [5, 5.41) is 0.185. The van der Waals surface area contributed by atoms with Gasteiger partial charge in [0.1, 0.15) is 10.6 Å². The third-order valence-corrected chi connectivity index (χ3v) is 8.28. The van der Waals surface area contributed by atoms with Gasteiger partial charge in [0.15, 0.2) is 15.6 Å². The van der Waals surface area contributed by atoms with Gasteiger partial charge in [0.25, 0.3) is 0 Å². The summed E-state index contributed by atoms with van der Waals surface area (Å²) in [7, 11) is -0.472. The Morgan fingerprint density at radius 1 is 1.16 bits per heavy atom. The maximum Gasteiger partial charge on any atom is 0.195 e. The van der Waals surface area contributed by atoms with Crippen LogP contribution in [0.4, 0.5) is 0 Å². The van der Waals surface area contributed by atoms with E-state index >= 15 is 0 Å². The van der Waals surface area contributed by atoms with Crippen LogP contribution in [0.1, 0.15) is 60.4 Å². The molecule has 0 bridgehead atoms. The normalized spacial score (nSPS) is 15.5. The molecule has 2 aromatic carbocycles. The number of nitrogens with one attached hydrogen (secondary N) is 1. The first-order chi connectivity index (χ1) is 14.5. The molecule has 4 rings (SSSR count). The van der Waals surface area contributed by atoms with E-state index in [4.69, 9.17) is 4.74 Å². The summed E-state index contributed by atoms with van der Waals surface area (Å²) in [6.45, 7) is 7.29. The van der Waals surface area contributed by atoms with Gasteiger partial charge in [0.2, 0.25) is 0 Å². The molecule has 0 amide bonds. The van der Waals surface area contributed by atoms with Crippen LogP contribution >= 0.6 is 0 Å². The van der Waals surface area contributed by atoms with E-state index in [9.17, 15) is 13.2 Å². The van der Waals surface area contributed by atoms with Crippen molar-refractivity contribution in [3.8, 4) is 5.75 Å². The quantitative estimate of drug-likeness (QED) is 0.616. The maximum absolute atomic E-state index is 13.6. The van der Waals surface area contributed by atoms with E-state index in [0.717, 1.165) is 27.7 Å². The van der Waals surface area contributed by atoms with Gasteiger partial charge >= 0.3 is 0 Å². The molecule has 1 aromatic heterocycles. The molecule has 0 spiro atoms. The molecule has 0 fully saturated rings. The van der Waals surface area contributed by atoms with Crippen molar-refractivity contribution < 1.29 is 17.9 Å². The largest absolute Gasteiger partial charge is 0.495 e. The lowest BCUT2D eigenvalue weighted by atomic mass is 9.71. The topological polar surface area (TPSA) is 88.6 Å². The van der Waals surface area contributed by atoms with Crippen molar-refractivity contribution in [2.45, 2.75) is 43.3 Å². The first-order valence-electron chi connectivity index (χ1n) is 10.1. The van der Waals surface area contributed by atoms with E-state index < -0.39 is 20.5 Å². The highest BCUT2D eigenvalue weighted by molar-refractivity contribution is 7.92. The van der Waals surface area contributed by atoms with Crippen LogP contribution in [0.25, 0.3) is 10.9 Å². The molecule has 6 nitrogen and oxygen atoms in total. The van der Waals surface area contributed by atoms with Crippen molar-refractivity contribution in [3.63, 3.8) is 0 Å². The summed E-state index contributed by atoms with van der Waals surface area (Å²) in [5.74, 6) is 0.0738. The third-order valence-electron chi connectivity index (χ3n) is 6.10. The molecule has 0 saturated heterocycles. The smallest absolute Gasteiger partial charge is 0.195 e. The fraction of sp³-hybridized carbons (Fsp3) is 0.333. The molecule has 31 heavy (non-hydrogen) atoms. The number of benzene rings is 2. The number of carbonyl (C=O) groups excluding carboxylic acids is 1. The molecule has 162 valence electrons. The number of methoxy groups -OCH3 is 1. The molecular formula is C24H26N2O4S. The highest BCUT2D eigenvalue weighted by Crippen LogP contribution is 2.46. The number of sulfone groups is 1. The summed E-state index contributed by atoms with van der Waals surface area (Å²) in [6, 6.07) is 8.99. The van der Waals surface area contributed by atoms with Gasteiger partial charge in [-0.25, -0.2) is 8.42 Å². The number of rotatable bonds is 4. The third kappa shape index (κ3) is 3.02. The molecular weight excluding hydrogens is 412 g/mol. The van der Waals surface area contributed by atoms with Crippen LogP contribution in [0.5, 0.6) is 5.75 Å². The summed E-state index contributed by atoms with van der Waals surface area (Å²) in [6.07, 6.45) is 1.76. The average molecular weight is 439 g/mol. The van der Waals surface area contributed by atoms with Crippen LogP contribution in [-0.2, 0) is 15.3 Å². The molecule has 0 atom stereocenters. The lowest BCUT2D eigenvalue weighted by Crippen LogP contribution is -2.31. The SMILES string of the molecule is C/N=C/c1ccc2c3c([nH]c2c1)C(C)(C)c1cc(OC)c(S(=O)(=O)C(C)C)cc1C3=O. The monoisotopic (exact) mass is 438 g/mol. The number of nitrogens with zero attached hydrogens (tertiary/aromatic N) is 1. The Labute approximate surface area is 182 Å². The number of hydrogen-bond donors (Lipinski definition) is 1. The highest BCUT2D eigenvalue weighted by Gasteiger charge is 2.41. The van der Waals surface area contributed by atoms with Crippen molar-refractivity contribution in [2.75, 3.05) is 14.2 Å². The van der Waals surface area contributed by atoms with E-state index in [0.29, 0.717) is 11.1 Å². The predicted octanol–water partition coefficient (Wildman–Crippen LogP) is 4.28. The molecule has 0 aliphatic heterocycles. The average Bonchev–Trinajstić information content (AvgIpc) is 3.11. The van der Waals surface area contributed by atoms with Crippen LogP contribution < -0.4 is 4.74 Å². The summed E-state index contributed by atoms with van der Waals surface area (Å²) < 4.78 is 31.4. The lowest BCUT2D eigenvalue weighted by Gasteiger charge is -2.33. The summed E-state index contributed by atoms with van der Waals surface area (Å²) >= 11 is 0. The van der Waals surface area contributed by atoms with Crippen molar-refractivity contribution in [1.29, 1.82) is 0 Å². The van der Waals surface area contributed by atoms with Gasteiger partial charge in [-0.1, -0.05) is 26.0 Å². The van der Waals surface area contributed by atoms with E-state index in [1.807, 2.05) is 32.0 Å². The minimum absolute atomic E-state index is 0.0534. The number of ether oxygens (including phenoxy) is 1. The van der Waals surface area contributed by atoms with E-state index in [2.05, 4.69) is 9.98 Å². The Balaban J connectivity index is 2.03. The number of ketones is 1. The zero-order chi connectivity index (χ0) is 22.7. The molecule has 1 aliphatic rings. The van der Waals surface area contributed by atoms with Gasteiger partial charge in [0, 0.05) is 40.8 Å². The molecule has 7 heteroatoms. The van der Waals surface area contributed by atoms with Gasteiger partial charge in [-0.05, 0) is 43.2 Å². The molecule has 0 unspecified atom stereocenters. The van der Waals surface area contributed by atoms with Crippen molar-refractivity contribution in [3.05, 3.63) is 58.3 Å². The van der Waals surface area contributed by atoms with Crippen molar-refractivity contribution in [1.82, 2.24) is 4.98 Å². The molecule has 0 saturated carbocycles. The Morgan fingerprint density at radius 3 is 2.48 bits per heavy atom. The van der Waals surface area contributed by atoms with E-state index in [1.165, 1.54) is 13.2 Å². The maximum atomic E-state index is 13.6. The Hall–Kier alpha value is -2.93. The van der Waals surface area contributed by atoms with Gasteiger partial charge in [-0.15, -0.1) is 0 Å². The zero-order valence-corrected chi connectivity index (χ0v) is 19.3. The Bertz CT molecular complexity index is 1360. The van der Waals surface area contributed by atoms with Gasteiger partial charge in [0.05, 0.1) is 17.9 Å². The Morgan fingerprint density at radius 2 is 1.87 bits per heavy atom. The van der Waals surface area contributed by atoms with Gasteiger partial charge in [-0.3, -0.25) is 9.79 Å². The highest BCUT2D eigenvalue weighted by atomic mass is 32.2. The number of carbonyl (C=O) groups is 1. The second-order valence-corrected chi connectivity index (χ2v) is 11.1. The zero-order valence-electron chi connectivity index (χ0n) is 18.5. The molecule has 3 aromatic rings. The number of fused-ring (bicyclic) bond motifs is 4. The fourth-order valence-electron chi connectivity index (χ4n) is 4.32. The Kier molecular flexibility index (Phi) is 4.85. The van der Waals surface area contributed by atoms with Crippen LogP contribution in [-0.4, -0.2) is 44.8 Å². The van der Waals surface area contributed by atoms with E-state index in [-0.39, 0.29) is 16.4 Å². The first-order valence-corrected chi connectivity index (χ1v) is 11.7. The number of aromatic nitrogens is 1. The first kappa shape index (κ1) is 21.3. The minimum atomic E-state index is -3.63. The lowest BCUT2D eigenvalue weighted by molar-refractivity contribution is 0.103. The molecule has 1 heterocycles. The second-order valence-electron chi connectivity index (χ2n) is 8.66. The number of H-pyrrole nitrogens is 1. The molecule has 1 N–H and O–H groups in total. The van der Waals surface area contributed by atoms with Crippen LogP contribution in [0.2, 0.25) is 0 Å². The summed E-state index contributed by atoms with van der Waals surface area (Å²) in [4.78, 5) is 21.2. The number of aliphatic imine (C=N–C) groups is 1. The van der Waals surface area contributed by atoms with Gasteiger partial charge < -0.3 is 9.72 Å². The minimum Gasteiger partial charge on any atom is -0.495 e. The molecule has 1 aliphatic carbocycles. The van der Waals surface area contributed by atoms with Crippen LogP contribution in [0, 0.1) is 0 Å². The van der Waals surface area contributed by atoms with Crippen LogP contribution in [0.15, 0.2) is 40.2 Å². The predicted molar refractivity (Wildman–Crippen MR) is 123 cm³/mol.